The van der Waals surface area contributed by atoms with Gasteiger partial charge in [-0.05, 0) is 56.2 Å². The number of likely N-dealkylation sites (tertiary alicyclic amines) is 1. The van der Waals surface area contributed by atoms with Crippen LogP contribution in [0.15, 0.2) is 64.6 Å². The molecule has 2 N–H and O–H groups in total. The summed E-state index contributed by atoms with van der Waals surface area (Å²) in [6.07, 6.45) is 2.46. The van der Waals surface area contributed by atoms with E-state index in [2.05, 4.69) is 47.2 Å². The van der Waals surface area contributed by atoms with Crippen LogP contribution in [0.25, 0.3) is 0 Å². The van der Waals surface area contributed by atoms with Gasteiger partial charge in [-0.3, -0.25) is 9.89 Å². The lowest BCUT2D eigenvalue weighted by Gasteiger charge is -2.33. The molecule has 34 heavy (non-hydrogen) atoms. The molecule has 2 aromatic carbocycles. The van der Waals surface area contributed by atoms with E-state index in [1.54, 1.807) is 7.11 Å². The number of morpholine rings is 1. The predicted molar refractivity (Wildman–Crippen MR) is 138 cm³/mol. The standard InChI is InChI=1S/C27H37N5O2/c1-31-14-12-23(13-15-31)29-27(30-26(28)18-21-8-10-24(33-2)11-9-21)25-20-32(16-17-34-25)19-22-6-4-3-5-7-22/h3-11,23,25H,12-20H2,1-2H3,(H2,28,29,30). The largest absolute Gasteiger partial charge is 0.497 e. The van der Waals surface area contributed by atoms with E-state index in [0.717, 1.165) is 62.7 Å². The number of amidine groups is 2. The number of nitrogens with two attached hydrogens (primary N) is 1. The maximum absolute atomic E-state index is 6.43. The van der Waals surface area contributed by atoms with E-state index >= 15 is 0 Å². The highest BCUT2D eigenvalue weighted by Gasteiger charge is 2.27. The van der Waals surface area contributed by atoms with E-state index in [9.17, 15) is 0 Å². The fraction of sp³-hybridized carbons (Fsp3) is 0.481. The quantitative estimate of drug-likeness (QED) is 0.505. The molecule has 0 radical (unpaired) electrons. The van der Waals surface area contributed by atoms with E-state index in [4.69, 9.17) is 25.2 Å². The topological polar surface area (TPSA) is 75.7 Å². The van der Waals surface area contributed by atoms with Gasteiger partial charge in [-0.2, -0.15) is 0 Å². The normalized spacial score (nSPS) is 21.5. The first-order valence-electron chi connectivity index (χ1n) is 12.2. The number of benzene rings is 2. The third-order valence-corrected chi connectivity index (χ3v) is 6.49. The Morgan fingerprint density at radius 2 is 1.76 bits per heavy atom. The smallest absolute Gasteiger partial charge is 0.156 e. The Kier molecular flexibility index (Phi) is 8.68. The molecule has 0 aliphatic carbocycles. The van der Waals surface area contributed by atoms with Gasteiger partial charge in [0.1, 0.15) is 17.7 Å². The Morgan fingerprint density at radius 3 is 2.47 bits per heavy atom. The minimum atomic E-state index is -0.175. The molecule has 7 nitrogen and oxygen atoms in total. The number of hydrogen-bond donors (Lipinski definition) is 1. The highest BCUT2D eigenvalue weighted by Crippen LogP contribution is 2.17. The fourth-order valence-electron chi connectivity index (χ4n) is 4.48. The van der Waals surface area contributed by atoms with Crippen LogP contribution in [0.1, 0.15) is 24.0 Å². The molecule has 1 unspecified atom stereocenters. The molecule has 0 spiro atoms. The second kappa shape index (κ2) is 12.1. The molecule has 0 saturated carbocycles. The second-order valence-corrected chi connectivity index (χ2v) is 9.23. The van der Waals surface area contributed by atoms with Crippen molar-refractivity contribution >= 4 is 11.7 Å². The lowest BCUT2D eigenvalue weighted by molar-refractivity contribution is 0.00249. The lowest BCUT2D eigenvalue weighted by atomic mass is 10.1. The first-order chi connectivity index (χ1) is 16.6. The van der Waals surface area contributed by atoms with Gasteiger partial charge in [0.05, 0.1) is 19.8 Å². The summed E-state index contributed by atoms with van der Waals surface area (Å²) >= 11 is 0. The van der Waals surface area contributed by atoms with Gasteiger partial charge in [-0.1, -0.05) is 42.5 Å². The molecule has 2 fully saturated rings. The zero-order valence-electron chi connectivity index (χ0n) is 20.4. The Morgan fingerprint density at radius 1 is 1.03 bits per heavy atom. The second-order valence-electron chi connectivity index (χ2n) is 9.23. The van der Waals surface area contributed by atoms with Crippen LogP contribution in [0.3, 0.4) is 0 Å². The van der Waals surface area contributed by atoms with Crippen LogP contribution in [0.5, 0.6) is 5.75 Å². The molecular formula is C27H37N5O2. The van der Waals surface area contributed by atoms with Gasteiger partial charge in [0, 0.05) is 26.1 Å². The Labute approximate surface area is 203 Å². The molecule has 1 atom stereocenters. The van der Waals surface area contributed by atoms with Crippen molar-refractivity contribution in [3.8, 4) is 5.75 Å². The van der Waals surface area contributed by atoms with Gasteiger partial charge in [-0.25, -0.2) is 4.99 Å². The first kappa shape index (κ1) is 24.4. The van der Waals surface area contributed by atoms with Gasteiger partial charge in [0.2, 0.25) is 0 Å². The van der Waals surface area contributed by atoms with Crippen molar-refractivity contribution in [2.24, 2.45) is 15.7 Å². The number of piperidine rings is 1. The average Bonchev–Trinajstić information content (AvgIpc) is 2.86. The first-order valence-corrected chi connectivity index (χ1v) is 12.2. The summed E-state index contributed by atoms with van der Waals surface area (Å²) in [5.41, 5.74) is 8.83. The molecule has 2 aromatic rings. The molecule has 0 aromatic heterocycles. The van der Waals surface area contributed by atoms with Crippen molar-refractivity contribution in [2.75, 3.05) is 46.9 Å². The summed E-state index contributed by atoms with van der Waals surface area (Å²) in [5, 5.41) is 0. The van der Waals surface area contributed by atoms with Crippen molar-refractivity contribution < 1.29 is 9.47 Å². The van der Waals surface area contributed by atoms with E-state index in [1.807, 2.05) is 24.3 Å². The van der Waals surface area contributed by atoms with Crippen molar-refractivity contribution in [1.82, 2.24) is 9.80 Å². The summed E-state index contributed by atoms with van der Waals surface area (Å²) in [6.45, 7) is 5.33. The lowest BCUT2D eigenvalue weighted by Crippen LogP contribution is -2.46. The summed E-state index contributed by atoms with van der Waals surface area (Å²) < 4.78 is 11.4. The Bertz CT molecular complexity index is 953. The monoisotopic (exact) mass is 463 g/mol. The molecule has 7 heteroatoms. The maximum Gasteiger partial charge on any atom is 0.156 e. The Hall–Kier alpha value is -2.74. The van der Waals surface area contributed by atoms with E-state index < -0.39 is 0 Å². The van der Waals surface area contributed by atoms with Gasteiger partial charge >= 0.3 is 0 Å². The highest BCUT2D eigenvalue weighted by molar-refractivity contribution is 5.99. The van der Waals surface area contributed by atoms with Gasteiger partial charge < -0.3 is 20.1 Å². The van der Waals surface area contributed by atoms with Gasteiger partial charge in [0.25, 0.3) is 0 Å². The van der Waals surface area contributed by atoms with Crippen molar-refractivity contribution in [1.29, 1.82) is 0 Å². The van der Waals surface area contributed by atoms with Crippen LogP contribution in [0, 0.1) is 0 Å². The number of ether oxygens (including phenoxy) is 2. The molecular weight excluding hydrogens is 426 g/mol. The average molecular weight is 464 g/mol. The van der Waals surface area contributed by atoms with Gasteiger partial charge in [0.15, 0.2) is 5.84 Å². The highest BCUT2D eigenvalue weighted by atomic mass is 16.5. The number of nitrogens with zero attached hydrogens (tertiary/aromatic N) is 4. The molecule has 2 aliphatic heterocycles. The SMILES string of the molecule is COc1ccc(CC(N)=NC(=NC2CCN(C)CC2)C2CN(Cc3ccccc3)CCO2)cc1. The van der Waals surface area contributed by atoms with Crippen LogP contribution in [0.4, 0.5) is 0 Å². The molecule has 2 heterocycles. The zero-order valence-corrected chi connectivity index (χ0v) is 20.4. The van der Waals surface area contributed by atoms with E-state index in [-0.39, 0.29) is 12.1 Å². The number of hydrogen-bond acceptors (Lipinski definition) is 5. The zero-order chi connectivity index (χ0) is 23.8. The number of aliphatic imine (C=N–C) groups is 2. The van der Waals surface area contributed by atoms with Crippen molar-refractivity contribution in [3.05, 3.63) is 65.7 Å². The summed E-state index contributed by atoms with van der Waals surface area (Å²) in [7, 11) is 3.83. The summed E-state index contributed by atoms with van der Waals surface area (Å²) in [4.78, 5) is 14.7. The molecule has 2 aliphatic rings. The van der Waals surface area contributed by atoms with Crippen LogP contribution < -0.4 is 10.5 Å². The van der Waals surface area contributed by atoms with Crippen LogP contribution >= 0.6 is 0 Å². The maximum atomic E-state index is 6.43. The third-order valence-electron chi connectivity index (χ3n) is 6.49. The third kappa shape index (κ3) is 7.13. The summed E-state index contributed by atoms with van der Waals surface area (Å²) in [6, 6.07) is 18.8. The van der Waals surface area contributed by atoms with Crippen LogP contribution in [-0.4, -0.2) is 80.6 Å². The van der Waals surface area contributed by atoms with Crippen LogP contribution in [0.2, 0.25) is 0 Å². The van der Waals surface area contributed by atoms with Crippen molar-refractivity contribution in [3.63, 3.8) is 0 Å². The molecule has 0 amide bonds. The number of rotatable bonds is 7. The number of methoxy groups -OCH3 is 1. The molecule has 0 bridgehead atoms. The van der Waals surface area contributed by atoms with Crippen LogP contribution in [-0.2, 0) is 17.7 Å². The van der Waals surface area contributed by atoms with E-state index in [0.29, 0.717) is 18.9 Å². The van der Waals surface area contributed by atoms with Gasteiger partial charge in [-0.15, -0.1) is 0 Å². The Balaban J connectivity index is 1.50. The minimum absolute atomic E-state index is 0.175. The molecule has 182 valence electrons. The predicted octanol–water partition coefficient (Wildman–Crippen LogP) is 2.99. The fourth-order valence-corrected chi connectivity index (χ4v) is 4.48. The minimum Gasteiger partial charge on any atom is -0.497 e. The van der Waals surface area contributed by atoms with Crippen molar-refractivity contribution in [2.45, 2.75) is 38.0 Å². The molecule has 4 rings (SSSR count). The summed E-state index contributed by atoms with van der Waals surface area (Å²) in [5.74, 6) is 2.12. The van der Waals surface area contributed by atoms with E-state index in [1.165, 1.54) is 5.56 Å². The molecule has 2 saturated heterocycles.